The van der Waals surface area contributed by atoms with Crippen molar-refractivity contribution >= 4 is 27.3 Å². The third-order valence-electron chi connectivity index (χ3n) is 2.36. The van der Waals surface area contributed by atoms with Gasteiger partial charge in [-0.3, -0.25) is 0 Å². The standard InChI is InChI=1S/C11H15ClN2O2S/c1-4-7(2)14-17(15,16)9-5-10(12)8(3)11(13)6-9/h4-7,14H,1,13H2,2-3H3. The molecule has 0 aliphatic rings. The molecule has 4 nitrogen and oxygen atoms in total. The Morgan fingerprint density at radius 1 is 1.53 bits per heavy atom. The van der Waals surface area contributed by atoms with Gasteiger partial charge in [0.2, 0.25) is 10.0 Å². The zero-order valence-corrected chi connectivity index (χ0v) is 11.3. The number of anilines is 1. The van der Waals surface area contributed by atoms with E-state index in [2.05, 4.69) is 11.3 Å². The van der Waals surface area contributed by atoms with E-state index in [-0.39, 0.29) is 10.9 Å². The first-order chi connectivity index (χ1) is 7.77. The minimum Gasteiger partial charge on any atom is -0.398 e. The molecule has 1 unspecified atom stereocenters. The van der Waals surface area contributed by atoms with Gasteiger partial charge in [0.15, 0.2) is 0 Å². The van der Waals surface area contributed by atoms with E-state index in [4.69, 9.17) is 17.3 Å². The van der Waals surface area contributed by atoms with Gasteiger partial charge in [-0.2, -0.15) is 0 Å². The van der Waals surface area contributed by atoms with Crippen molar-refractivity contribution in [3.05, 3.63) is 35.4 Å². The predicted molar refractivity (Wildman–Crippen MR) is 70.6 cm³/mol. The lowest BCUT2D eigenvalue weighted by Gasteiger charge is -2.12. The molecule has 94 valence electrons. The SMILES string of the molecule is C=CC(C)NS(=O)(=O)c1cc(N)c(C)c(Cl)c1. The van der Waals surface area contributed by atoms with Crippen LogP contribution in [0.15, 0.2) is 29.7 Å². The second kappa shape index (κ2) is 5.08. The van der Waals surface area contributed by atoms with Crippen LogP contribution in [0.2, 0.25) is 5.02 Å². The Balaban J connectivity index is 3.21. The first-order valence-electron chi connectivity index (χ1n) is 4.98. The van der Waals surface area contributed by atoms with Crippen molar-refractivity contribution in [1.29, 1.82) is 0 Å². The molecule has 3 N–H and O–H groups in total. The van der Waals surface area contributed by atoms with Gasteiger partial charge in [-0.1, -0.05) is 17.7 Å². The van der Waals surface area contributed by atoms with E-state index in [0.717, 1.165) is 0 Å². The minimum atomic E-state index is -3.62. The number of nitrogen functional groups attached to an aromatic ring is 1. The Labute approximate surface area is 107 Å². The fourth-order valence-corrected chi connectivity index (χ4v) is 2.76. The van der Waals surface area contributed by atoms with Gasteiger partial charge in [0.25, 0.3) is 0 Å². The summed E-state index contributed by atoms with van der Waals surface area (Å²) in [6.45, 7) is 6.92. The van der Waals surface area contributed by atoms with Crippen molar-refractivity contribution in [3.63, 3.8) is 0 Å². The summed E-state index contributed by atoms with van der Waals surface area (Å²) in [4.78, 5) is 0.0549. The van der Waals surface area contributed by atoms with E-state index < -0.39 is 10.0 Å². The normalized spacial score (nSPS) is 13.4. The van der Waals surface area contributed by atoms with Crippen LogP contribution in [0.4, 0.5) is 5.69 Å². The van der Waals surface area contributed by atoms with Gasteiger partial charge in [-0.25, -0.2) is 13.1 Å². The number of nitrogens with two attached hydrogens (primary N) is 1. The Morgan fingerprint density at radius 3 is 2.59 bits per heavy atom. The fourth-order valence-electron chi connectivity index (χ4n) is 1.19. The van der Waals surface area contributed by atoms with Crippen molar-refractivity contribution in [3.8, 4) is 0 Å². The van der Waals surface area contributed by atoms with Crippen LogP contribution >= 0.6 is 11.6 Å². The highest BCUT2D eigenvalue weighted by Gasteiger charge is 2.18. The maximum Gasteiger partial charge on any atom is 0.241 e. The quantitative estimate of drug-likeness (QED) is 0.652. The maximum absolute atomic E-state index is 11.9. The van der Waals surface area contributed by atoms with Crippen LogP contribution < -0.4 is 10.5 Å². The monoisotopic (exact) mass is 274 g/mol. The lowest BCUT2D eigenvalue weighted by atomic mass is 10.2. The summed E-state index contributed by atoms with van der Waals surface area (Å²) < 4.78 is 26.3. The molecule has 1 atom stereocenters. The molecule has 0 aliphatic carbocycles. The molecule has 0 saturated carbocycles. The Bertz CT molecular complexity index is 517. The number of benzene rings is 1. The maximum atomic E-state index is 11.9. The number of hydrogen-bond donors (Lipinski definition) is 2. The molecule has 0 saturated heterocycles. The lowest BCUT2D eigenvalue weighted by Crippen LogP contribution is -2.31. The summed E-state index contributed by atoms with van der Waals surface area (Å²) >= 11 is 5.90. The number of nitrogens with one attached hydrogen (secondary N) is 1. The minimum absolute atomic E-state index is 0.0549. The van der Waals surface area contributed by atoms with E-state index in [1.807, 2.05) is 0 Å². The van der Waals surface area contributed by atoms with Crippen molar-refractivity contribution < 1.29 is 8.42 Å². The van der Waals surface area contributed by atoms with Gasteiger partial charge in [-0.05, 0) is 31.5 Å². The van der Waals surface area contributed by atoms with Crippen molar-refractivity contribution in [1.82, 2.24) is 4.72 Å². The summed E-state index contributed by atoms with van der Waals surface area (Å²) in [5.41, 5.74) is 6.70. The molecular weight excluding hydrogens is 260 g/mol. The molecule has 1 aromatic carbocycles. The summed E-state index contributed by atoms with van der Waals surface area (Å²) in [5, 5.41) is 0.330. The van der Waals surface area contributed by atoms with Gasteiger partial charge in [0.05, 0.1) is 4.90 Å². The molecule has 0 heterocycles. The van der Waals surface area contributed by atoms with Gasteiger partial charge in [0, 0.05) is 16.8 Å². The first-order valence-corrected chi connectivity index (χ1v) is 6.84. The highest BCUT2D eigenvalue weighted by Crippen LogP contribution is 2.25. The summed E-state index contributed by atoms with van der Waals surface area (Å²) in [5.74, 6) is 0. The smallest absolute Gasteiger partial charge is 0.241 e. The van der Waals surface area contributed by atoms with Crippen molar-refractivity contribution in [2.45, 2.75) is 24.8 Å². The number of halogens is 1. The number of sulfonamides is 1. The van der Waals surface area contributed by atoms with Crippen LogP contribution in [-0.4, -0.2) is 14.5 Å². The molecule has 0 fully saturated rings. The number of rotatable bonds is 4. The molecule has 0 amide bonds. The van der Waals surface area contributed by atoms with E-state index in [0.29, 0.717) is 16.3 Å². The average Bonchev–Trinajstić information content (AvgIpc) is 2.24. The topological polar surface area (TPSA) is 72.2 Å². The van der Waals surface area contributed by atoms with Gasteiger partial charge < -0.3 is 5.73 Å². The third-order valence-corrected chi connectivity index (χ3v) is 4.29. The summed E-state index contributed by atoms with van der Waals surface area (Å²) in [6.07, 6.45) is 1.50. The molecule has 0 bridgehead atoms. The van der Waals surface area contributed by atoms with Crippen LogP contribution in [0.5, 0.6) is 0 Å². The average molecular weight is 275 g/mol. The number of hydrogen-bond acceptors (Lipinski definition) is 3. The second-order valence-electron chi connectivity index (χ2n) is 3.76. The van der Waals surface area contributed by atoms with Crippen molar-refractivity contribution in [2.75, 3.05) is 5.73 Å². The van der Waals surface area contributed by atoms with Crippen LogP contribution in [-0.2, 0) is 10.0 Å². The van der Waals surface area contributed by atoms with Crippen LogP contribution in [0.3, 0.4) is 0 Å². The molecule has 17 heavy (non-hydrogen) atoms. The van der Waals surface area contributed by atoms with Crippen molar-refractivity contribution in [2.24, 2.45) is 0 Å². The third kappa shape index (κ3) is 3.21. The molecule has 0 aliphatic heterocycles. The Hall–Kier alpha value is -1.04. The van der Waals surface area contributed by atoms with E-state index in [1.165, 1.54) is 18.2 Å². The molecular formula is C11H15ClN2O2S. The summed E-state index contributed by atoms with van der Waals surface area (Å²) in [6, 6.07) is 2.41. The first kappa shape index (κ1) is 14.0. The van der Waals surface area contributed by atoms with E-state index >= 15 is 0 Å². The van der Waals surface area contributed by atoms with Crippen LogP contribution in [0.1, 0.15) is 12.5 Å². The van der Waals surface area contributed by atoms with E-state index in [9.17, 15) is 8.42 Å². The largest absolute Gasteiger partial charge is 0.398 e. The Morgan fingerprint density at radius 2 is 2.12 bits per heavy atom. The fraction of sp³-hybridized carbons (Fsp3) is 0.273. The second-order valence-corrected chi connectivity index (χ2v) is 5.89. The van der Waals surface area contributed by atoms with Gasteiger partial charge in [0.1, 0.15) is 0 Å². The molecule has 0 aromatic heterocycles. The zero-order valence-electron chi connectivity index (χ0n) is 9.70. The molecule has 1 rings (SSSR count). The molecule has 0 spiro atoms. The molecule has 1 aromatic rings. The predicted octanol–water partition coefficient (Wildman–Crippen LogP) is 2.08. The van der Waals surface area contributed by atoms with E-state index in [1.54, 1.807) is 13.8 Å². The Kier molecular flexibility index (Phi) is 4.19. The highest BCUT2D eigenvalue weighted by atomic mass is 35.5. The lowest BCUT2D eigenvalue weighted by molar-refractivity contribution is 0.576. The highest BCUT2D eigenvalue weighted by molar-refractivity contribution is 7.89. The molecule has 6 heteroatoms. The zero-order chi connectivity index (χ0) is 13.2. The van der Waals surface area contributed by atoms with Gasteiger partial charge >= 0.3 is 0 Å². The molecule has 0 radical (unpaired) electrons. The van der Waals surface area contributed by atoms with Crippen LogP contribution in [0, 0.1) is 6.92 Å². The van der Waals surface area contributed by atoms with Crippen LogP contribution in [0.25, 0.3) is 0 Å². The van der Waals surface area contributed by atoms with Gasteiger partial charge in [-0.15, -0.1) is 6.58 Å². The summed E-state index contributed by atoms with van der Waals surface area (Å²) in [7, 11) is -3.62.